The van der Waals surface area contributed by atoms with Crippen LogP contribution in [0.25, 0.3) is 0 Å². The van der Waals surface area contributed by atoms with Crippen molar-refractivity contribution in [2.45, 2.75) is 23.6 Å². The third-order valence-corrected chi connectivity index (χ3v) is 6.92. The standard InChI is InChI=1S/C27H22O4S/c1-19-3-7-21(8-4-19)27(28)22-9-11-23(12-10-22)31-24-13-17-26(18-14-24)32(29,30)25-15-5-20(2)6-16-25/h3-18H,1-2H3. The van der Waals surface area contributed by atoms with Gasteiger partial charge in [0.1, 0.15) is 11.5 Å². The molecule has 0 aliphatic heterocycles. The van der Waals surface area contributed by atoms with Crippen LogP contribution in [0.5, 0.6) is 11.5 Å². The van der Waals surface area contributed by atoms with Gasteiger partial charge in [0.25, 0.3) is 0 Å². The van der Waals surface area contributed by atoms with Gasteiger partial charge in [0.05, 0.1) is 9.79 Å². The van der Waals surface area contributed by atoms with Crippen LogP contribution in [0.3, 0.4) is 0 Å². The Morgan fingerprint density at radius 2 is 0.906 bits per heavy atom. The van der Waals surface area contributed by atoms with E-state index in [2.05, 4.69) is 0 Å². The molecule has 0 atom stereocenters. The van der Waals surface area contributed by atoms with E-state index in [9.17, 15) is 13.2 Å². The zero-order chi connectivity index (χ0) is 22.7. The van der Waals surface area contributed by atoms with Crippen molar-refractivity contribution in [1.82, 2.24) is 0 Å². The second-order valence-electron chi connectivity index (χ2n) is 7.61. The maximum Gasteiger partial charge on any atom is 0.206 e. The number of hydrogen-bond donors (Lipinski definition) is 0. The molecule has 0 saturated carbocycles. The molecule has 0 bridgehead atoms. The summed E-state index contributed by atoms with van der Waals surface area (Å²) in [5.41, 5.74) is 3.30. The molecule has 0 saturated heterocycles. The average molecular weight is 443 g/mol. The molecule has 0 spiro atoms. The molecule has 0 N–H and O–H groups in total. The largest absolute Gasteiger partial charge is 0.457 e. The van der Waals surface area contributed by atoms with Crippen molar-refractivity contribution in [2.75, 3.05) is 0 Å². The monoisotopic (exact) mass is 442 g/mol. The lowest BCUT2D eigenvalue weighted by molar-refractivity contribution is 0.103. The minimum absolute atomic E-state index is 0.0535. The molecule has 0 aliphatic carbocycles. The van der Waals surface area contributed by atoms with Crippen molar-refractivity contribution in [3.8, 4) is 11.5 Å². The summed E-state index contributed by atoms with van der Waals surface area (Å²) in [6.07, 6.45) is 0. The van der Waals surface area contributed by atoms with Gasteiger partial charge in [-0.3, -0.25) is 4.79 Å². The van der Waals surface area contributed by atoms with Crippen molar-refractivity contribution < 1.29 is 17.9 Å². The fraction of sp³-hybridized carbons (Fsp3) is 0.0741. The highest BCUT2D eigenvalue weighted by Crippen LogP contribution is 2.26. The fourth-order valence-corrected chi connectivity index (χ4v) is 4.48. The summed E-state index contributed by atoms with van der Waals surface area (Å²) in [6.45, 7) is 3.89. The van der Waals surface area contributed by atoms with Gasteiger partial charge in [0.2, 0.25) is 9.84 Å². The van der Waals surface area contributed by atoms with Gasteiger partial charge >= 0.3 is 0 Å². The van der Waals surface area contributed by atoms with E-state index in [0.717, 1.165) is 11.1 Å². The first-order chi connectivity index (χ1) is 15.3. The summed E-state index contributed by atoms with van der Waals surface area (Å²) in [4.78, 5) is 13.1. The molecule has 0 unspecified atom stereocenters. The Kier molecular flexibility index (Phi) is 5.93. The zero-order valence-electron chi connectivity index (χ0n) is 17.8. The Morgan fingerprint density at radius 1 is 0.562 bits per heavy atom. The van der Waals surface area contributed by atoms with E-state index in [0.29, 0.717) is 22.6 Å². The first kappa shape index (κ1) is 21.5. The number of sulfone groups is 1. The molecule has 4 rings (SSSR count). The molecule has 4 aromatic rings. The van der Waals surface area contributed by atoms with E-state index in [4.69, 9.17) is 4.74 Å². The minimum Gasteiger partial charge on any atom is -0.457 e. The summed E-state index contributed by atoms with van der Waals surface area (Å²) < 4.78 is 31.4. The quantitative estimate of drug-likeness (QED) is 0.336. The molecule has 160 valence electrons. The van der Waals surface area contributed by atoms with Crippen LogP contribution < -0.4 is 4.74 Å². The minimum atomic E-state index is -3.58. The summed E-state index contributed by atoms with van der Waals surface area (Å²) in [6, 6.07) is 27.4. The number of ether oxygens (including phenoxy) is 1. The van der Waals surface area contributed by atoms with E-state index < -0.39 is 9.84 Å². The first-order valence-electron chi connectivity index (χ1n) is 10.1. The maximum atomic E-state index is 12.8. The van der Waals surface area contributed by atoms with E-state index in [1.807, 2.05) is 38.1 Å². The highest BCUT2D eigenvalue weighted by Gasteiger charge is 2.17. The van der Waals surface area contributed by atoms with Gasteiger partial charge in [0, 0.05) is 11.1 Å². The fourth-order valence-electron chi connectivity index (χ4n) is 3.22. The number of aryl methyl sites for hydroxylation is 2. The van der Waals surface area contributed by atoms with Gasteiger partial charge in [0.15, 0.2) is 5.78 Å². The Morgan fingerprint density at radius 3 is 1.38 bits per heavy atom. The number of hydrogen-bond acceptors (Lipinski definition) is 4. The molecular formula is C27H22O4S. The van der Waals surface area contributed by atoms with Crippen LogP contribution in [0.15, 0.2) is 107 Å². The van der Waals surface area contributed by atoms with Gasteiger partial charge in [-0.2, -0.15) is 0 Å². The van der Waals surface area contributed by atoms with Gasteiger partial charge in [-0.15, -0.1) is 0 Å². The average Bonchev–Trinajstić information content (AvgIpc) is 2.80. The lowest BCUT2D eigenvalue weighted by Crippen LogP contribution is -2.02. The summed E-state index contributed by atoms with van der Waals surface area (Å²) in [7, 11) is -3.58. The molecule has 0 radical (unpaired) electrons. The van der Waals surface area contributed by atoms with Crippen LogP contribution in [-0.2, 0) is 9.84 Å². The Labute approximate surface area is 188 Å². The third kappa shape index (κ3) is 4.63. The normalized spacial score (nSPS) is 11.2. The number of ketones is 1. The summed E-state index contributed by atoms with van der Waals surface area (Å²) in [5, 5.41) is 0. The molecule has 4 nitrogen and oxygen atoms in total. The number of carbonyl (C=O) groups is 1. The van der Waals surface area contributed by atoms with Gasteiger partial charge in [-0.05, 0) is 74.5 Å². The number of carbonyl (C=O) groups excluding carboxylic acids is 1. The van der Waals surface area contributed by atoms with Gasteiger partial charge in [-0.25, -0.2) is 8.42 Å². The third-order valence-electron chi connectivity index (χ3n) is 5.13. The predicted octanol–water partition coefficient (Wildman–Crippen LogP) is 6.16. The molecule has 0 amide bonds. The summed E-state index contributed by atoms with van der Waals surface area (Å²) in [5.74, 6) is 1.01. The second kappa shape index (κ2) is 8.81. The van der Waals surface area contributed by atoms with Crippen LogP contribution >= 0.6 is 0 Å². The Balaban J connectivity index is 1.47. The predicted molar refractivity (Wildman–Crippen MR) is 124 cm³/mol. The van der Waals surface area contributed by atoms with E-state index in [1.165, 1.54) is 12.1 Å². The van der Waals surface area contributed by atoms with E-state index >= 15 is 0 Å². The molecular weight excluding hydrogens is 420 g/mol. The van der Waals surface area contributed by atoms with Gasteiger partial charge < -0.3 is 4.74 Å². The lowest BCUT2D eigenvalue weighted by atomic mass is 10.0. The van der Waals surface area contributed by atoms with Crippen LogP contribution in [0.1, 0.15) is 27.0 Å². The second-order valence-corrected chi connectivity index (χ2v) is 9.56. The van der Waals surface area contributed by atoms with Crippen molar-refractivity contribution in [2.24, 2.45) is 0 Å². The van der Waals surface area contributed by atoms with Gasteiger partial charge in [-0.1, -0.05) is 47.5 Å². The molecule has 0 fully saturated rings. The number of benzene rings is 4. The SMILES string of the molecule is Cc1ccc(C(=O)c2ccc(Oc3ccc(S(=O)(=O)c4ccc(C)cc4)cc3)cc2)cc1. The van der Waals surface area contributed by atoms with E-state index in [1.54, 1.807) is 60.7 Å². The first-order valence-corrected chi connectivity index (χ1v) is 11.6. The highest BCUT2D eigenvalue weighted by molar-refractivity contribution is 7.91. The molecule has 0 aromatic heterocycles. The van der Waals surface area contributed by atoms with E-state index in [-0.39, 0.29) is 15.6 Å². The highest BCUT2D eigenvalue weighted by atomic mass is 32.2. The number of rotatable bonds is 6. The zero-order valence-corrected chi connectivity index (χ0v) is 18.6. The topological polar surface area (TPSA) is 60.4 Å². The molecule has 0 heterocycles. The molecule has 4 aromatic carbocycles. The summed E-state index contributed by atoms with van der Waals surface area (Å²) >= 11 is 0. The van der Waals surface area contributed by atoms with Crippen molar-refractivity contribution in [1.29, 1.82) is 0 Å². The lowest BCUT2D eigenvalue weighted by Gasteiger charge is -2.09. The van der Waals surface area contributed by atoms with Crippen LogP contribution in [0.4, 0.5) is 0 Å². The van der Waals surface area contributed by atoms with Crippen molar-refractivity contribution in [3.63, 3.8) is 0 Å². The smallest absolute Gasteiger partial charge is 0.206 e. The van der Waals surface area contributed by atoms with Crippen molar-refractivity contribution in [3.05, 3.63) is 119 Å². The van der Waals surface area contributed by atoms with Crippen LogP contribution in [-0.4, -0.2) is 14.2 Å². The molecule has 5 heteroatoms. The van der Waals surface area contributed by atoms with Crippen LogP contribution in [0.2, 0.25) is 0 Å². The van der Waals surface area contributed by atoms with Crippen molar-refractivity contribution >= 4 is 15.6 Å². The maximum absolute atomic E-state index is 12.8. The van der Waals surface area contributed by atoms with Crippen LogP contribution in [0, 0.1) is 13.8 Å². The molecule has 0 aliphatic rings. The Bertz CT molecular complexity index is 1340. The Hall–Kier alpha value is -3.70. The molecule has 32 heavy (non-hydrogen) atoms.